The van der Waals surface area contributed by atoms with Crippen molar-refractivity contribution in [1.82, 2.24) is 0 Å². The normalized spacial score (nSPS) is 10.0. The fraction of sp³-hybridized carbons (Fsp3) is 0.429. The maximum Gasteiger partial charge on any atom is 0.303 e. The van der Waals surface area contributed by atoms with E-state index in [9.17, 15) is 9.59 Å². The minimum atomic E-state index is -0.841. The van der Waals surface area contributed by atoms with E-state index < -0.39 is 5.97 Å². The van der Waals surface area contributed by atoms with Crippen LogP contribution in [0.1, 0.15) is 36.0 Å². The highest BCUT2D eigenvalue weighted by molar-refractivity contribution is 5.99. The molecule has 0 aliphatic rings. The van der Waals surface area contributed by atoms with Crippen LogP contribution in [0.15, 0.2) is 18.2 Å². The number of Topliss-reactive ketones (excluding diaryl/α,β-unsaturated/α-hetero) is 1. The van der Waals surface area contributed by atoms with Gasteiger partial charge in [0.15, 0.2) is 5.78 Å². The Kier molecular flexibility index (Phi) is 5.85. The highest BCUT2D eigenvalue weighted by Gasteiger charge is 2.13. The number of hydrogen-bond donors (Lipinski definition) is 1. The van der Waals surface area contributed by atoms with Crippen molar-refractivity contribution in [2.75, 3.05) is 14.2 Å². The average Bonchev–Trinajstić information content (AvgIpc) is 2.42. The third-order valence-corrected chi connectivity index (χ3v) is 2.75. The number of unbranched alkanes of at least 4 members (excludes halogenated alkanes) is 1. The first-order valence-corrected chi connectivity index (χ1v) is 6.05. The molecule has 0 aliphatic carbocycles. The Morgan fingerprint density at radius 1 is 1.11 bits per heavy atom. The fourth-order valence-electron chi connectivity index (χ4n) is 1.73. The van der Waals surface area contributed by atoms with Gasteiger partial charge in [-0.15, -0.1) is 0 Å². The second kappa shape index (κ2) is 7.41. The van der Waals surface area contributed by atoms with Crippen LogP contribution < -0.4 is 9.47 Å². The molecule has 0 aromatic heterocycles. The molecule has 0 fully saturated rings. The van der Waals surface area contributed by atoms with Crippen LogP contribution >= 0.6 is 0 Å². The van der Waals surface area contributed by atoms with Gasteiger partial charge >= 0.3 is 5.97 Å². The standard InChI is InChI=1S/C14H18O5/c1-18-10-7-8-13(19-2)11(9-10)12(15)5-3-4-6-14(16)17/h7-9H,3-6H2,1-2H3,(H,16,17). The fourth-order valence-corrected chi connectivity index (χ4v) is 1.73. The predicted octanol–water partition coefficient (Wildman–Crippen LogP) is 2.53. The lowest BCUT2D eigenvalue weighted by Crippen LogP contribution is -2.03. The van der Waals surface area contributed by atoms with E-state index in [1.807, 2.05) is 0 Å². The summed E-state index contributed by atoms with van der Waals surface area (Å²) >= 11 is 0. The monoisotopic (exact) mass is 266 g/mol. The number of carboxylic acid groups (broad SMARTS) is 1. The Bertz CT molecular complexity index is 453. The number of carbonyl (C=O) groups excluding carboxylic acids is 1. The van der Waals surface area contributed by atoms with E-state index in [1.165, 1.54) is 14.2 Å². The van der Waals surface area contributed by atoms with Gasteiger partial charge in [0.1, 0.15) is 11.5 Å². The van der Waals surface area contributed by atoms with Gasteiger partial charge < -0.3 is 14.6 Å². The minimum absolute atomic E-state index is 0.0684. The number of rotatable bonds is 8. The second-order valence-electron chi connectivity index (χ2n) is 4.09. The first kappa shape index (κ1) is 15.0. The second-order valence-corrected chi connectivity index (χ2v) is 4.09. The molecule has 0 saturated heterocycles. The van der Waals surface area contributed by atoms with Crippen molar-refractivity contribution in [3.63, 3.8) is 0 Å². The van der Waals surface area contributed by atoms with Crippen LogP contribution in [-0.2, 0) is 4.79 Å². The van der Waals surface area contributed by atoms with E-state index >= 15 is 0 Å². The van der Waals surface area contributed by atoms with Crippen molar-refractivity contribution in [3.05, 3.63) is 23.8 Å². The van der Waals surface area contributed by atoms with E-state index in [0.29, 0.717) is 36.3 Å². The van der Waals surface area contributed by atoms with Crippen LogP contribution in [0.5, 0.6) is 11.5 Å². The van der Waals surface area contributed by atoms with Crippen molar-refractivity contribution in [3.8, 4) is 11.5 Å². The topological polar surface area (TPSA) is 72.8 Å². The maximum atomic E-state index is 12.1. The van der Waals surface area contributed by atoms with Crippen LogP contribution in [0.3, 0.4) is 0 Å². The molecule has 0 atom stereocenters. The molecule has 19 heavy (non-hydrogen) atoms. The zero-order valence-electron chi connectivity index (χ0n) is 11.1. The van der Waals surface area contributed by atoms with Crippen LogP contribution in [0, 0.1) is 0 Å². The van der Waals surface area contributed by atoms with Crippen molar-refractivity contribution >= 4 is 11.8 Å². The van der Waals surface area contributed by atoms with Gasteiger partial charge in [-0.05, 0) is 31.0 Å². The third-order valence-electron chi connectivity index (χ3n) is 2.75. The molecule has 0 radical (unpaired) electrons. The van der Waals surface area contributed by atoms with Gasteiger partial charge in [0.05, 0.1) is 19.8 Å². The van der Waals surface area contributed by atoms with Crippen LogP contribution in [-0.4, -0.2) is 31.1 Å². The summed E-state index contributed by atoms with van der Waals surface area (Å²) in [5.41, 5.74) is 0.470. The van der Waals surface area contributed by atoms with E-state index in [1.54, 1.807) is 18.2 Å². The van der Waals surface area contributed by atoms with Gasteiger partial charge in [-0.3, -0.25) is 9.59 Å². The number of carboxylic acids is 1. The van der Waals surface area contributed by atoms with E-state index in [4.69, 9.17) is 14.6 Å². The quantitative estimate of drug-likeness (QED) is 0.578. The molecule has 0 unspecified atom stereocenters. The molecule has 1 aromatic rings. The summed E-state index contributed by atoms with van der Waals surface area (Å²) in [5.74, 6) is 0.186. The van der Waals surface area contributed by atoms with Gasteiger partial charge in [0.25, 0.3) is 0 Å². The molecular formula is C14H18O5. The largest absolute Gasteiger partial charge is 0.497 e. The Morgan fingerprint density at radius 3 is 2.37 bits per heavy atom. The summed E-state index contributed by atoms with van der Waals surface area (Å²) < 4.78 is 10.2. The molecule has 0 amide bonds. The highest BCUT2D eigenvalue weighted by Crippen LogP contribution is 2.25. The lowest BCUT2D eigenvalue weighted by molar-refractivity contribution is -0.137. The maximum absolute atomic E-state index is 12.1. The Labute approximate surface area is 112 Å². The zero-order valence-corrected chi connectivity index (χ0v) is 11.1. The molecule has 0 heterocycles. The molecule has 1 N–H and O–H groups in total. The Hall–Kier alpha value is -2.04. The number of carbonyl (C=O) groups is 2. The molecule has 0 aliphatic heterocycles. The van der Waals surface area contributed by atoms with Crippen LogP contribution in [0.2, 0.25) is 0 Å². The predicted molar refractivity (Wildman–Crippen MR) is 70.0 cm³/mol. The molecule has 0 bridgehead atoms. The summed E-state index contributed by atoms with van der Waals surface area (Å²) in [4.78, 5) is 22.4. The molecule has 5 nitrogen and oxygen atoms in total. The number of ketones is 1. The third kappa shape index (κ3) is 4.62. The SMILES string of the molecule is COc1ccc(OC)c(C(=O)CCCCC(=O)O)c1. The molecule has 5 heteroatoms. The van der Waals surface area contributed by atoms with E-state index in [-0.39, 0.29) is 12.2 Å². The average molecular weight is 266 g/mol. The number of hydrogen-bond acceptors (Lipinski definition) is 4. The van der Waals surface area contributed by atoms with Crippen LogP contribution in [0.25, 0.3) is 0 Å². The summed E-state index contributed by atoms with van der Waals surface area (Å²) in [5, 5.41) is 8.52. The van der Waals surface area contributed by atoms with Crippen molar-refractivity contribution in [2.24, 2.45) is 0 Å². The van der Waals surface area contributed by atoms with Crippen LogP contribution in [0.4, 0.5) is 0 Å². The lowest BCUT2D eigenvalue weighted by Gasteiger charge is -2.09. The Balaban J connectivity index is 2.66. The number of aliphatic carboxylic acids is 1. The zero-order chi connectivity index (χ0) is 14.3. The van der Waals surface area contributed by atoms with Gasteiger partial charge in [0.2, 0.25) is 0 Å². The first-order valence-electron chi connectivity index (χ1n) is 6.05. The molecule has 104 valence electrons. The van der Waals surface area contributed by atoms with Crippen molar-refractivity contribution < 1.29 is 24.2 Å². The lowest BCUT2D eigenvalue weighted by atomic mass is 10.0. The van der Waals surface area contributed by atoms with Gasteiger partial charge in [-0.2, -0.15) is 0 Å². The number of methoxy groups -OCH3 is 2. The van der Waals surface area contributed by atoms with E-state index in [0.717, 1.165) is 0 Å². The molecular weight excluding hydrogens is 248 g/mol. The smallest absolute Gasteiger partial charge is 0.303 e. The first-order chi connectivity index (χ1) is 9.08. The highest BCUT2D eigenvalue weighted by atomic mass is 16.5. The summed E-state index contributed by atoms with van der Waals surface area (Å²) in [6.45, 7) is 0. The summed E-state index contributed by atoms with van der Waals surface area (Å²) in [6.07, 6.45) is 1.43. The van der Waals surface area contributed by atoms with Gasteiger partial charge in [0, 0.05) is 12.8 Å². The summed E-state index contributed by atoms with van der Waals surface area (Å²) in [7, 11) is 3.03. The number of ether oxygens (including phenoxy) is 2. The number of benzene rings is 1. The molecule has 1 aromatic carbocycles. The molecule has 0 spiro atoms. The molecule has 1 rings (SSSR count). The van der Waals surface area contributed by atoms with Crippen molar-refractivity contribution in [1.29, 1.82) is 0 Å². The van der Waals surface area contributed by atoms with Gasteiger partial charge in [-0.1, -0.05) is 0 Å². The Morgan fingerprint density at radius 2 is 1.79 bits per heavy atom. The summed E-state index contributed by atoms with van der Waals surface area (Å²) in [6, 6.07) is 5.04. The minimum Gasteiger partial charge on any atom is -0.497 e. The van der Waals surface area contributed by atoms with Crippen molar-refractivity contribution in [2.45, 2.75) is 25.7 Å². The van der Waals surface area contributed by atoms with E-state index in [2.05, 4.69) is 0 Å². The molecule has 0 saturated carbocycles. The van der Waals surface area contributed by atoms with Gasteiger partial charge in [-0.25, -0.2) is 0 Å².